The molecule has 0 fully saturated rings. The first-order chi connectivity index (χ1) is 11.5. The number of nitrogens with one attached hydrogen (secondary N) is 1. The van der Waals surface area contributed by atoms with Gasteiger partial charge in [-0.15, -0.1) is 0 Å². The van der Waals surface area contributed by atoms with E-state index in [1.54, 1.807) is 6.07 Å². The van der Waals surface area contributed by atoms with Gasteiger partial charge in [0.2, 0.25) is 10.0 Å². The first-order valence-corrected chi connectivity index (χ1v) is 9.12. The summed E-state index contributed by atoms with van der Waals surface area (Å²) in [5.74, 6) is 1.71. The maximum atomic E-state index is 12.3. The molecule has 3 rings (SSSR count). The Morgan fingerprint density at radius 1 is 1.04 bits per heavy atom. The molecule has 0 saturated carbocycles. The third-order valence-corrected chi connectivity index (χ3v) is 4.97. The van der Waals surface area contributed by atoms with Crippen LogP contribution >= 0.6 is 0 Å². The molecule has 0 atom stereocenters. The zero-order chi connectivity index (χ0) is 17.0. The van der Waals surface area contributed by atoms with Crippen molar-refractivity contribution in [2.24, 2.45) is 0 Å². The summed E-state index contributed by atoms with van der Waals surface area (Å²) in [6, 6.07) is 12.2. The molecular formula is C17H19NO5S. The maximum absolute atomic E-state index is 12.3. The summed E-state index contributed by atoms with van der Waals surface area (Å²) in [5, 5.41) is 0. The number of sulfonamides is 1. The van der Waals surface area contributed by atoms with Crippen molar-refractivity contribution in [3.63, 3.8) is 0 Å². The van der Waals surface area contributed by atoms with E-state index in [2.05, 4.69) is 4.72 Å². The van der Waals surface area contributed by atoms with Crippen molar-refractivity contribution in [3.05, 3.63) is 48.0 Å². The summed E-state index contributed by atoms with van der Waals surface area (Å²) >= 11 is 0. The Morgan fingerprint density at radius 3 is 2.50 bits per heavy atom. The van der Waals surface area contributed by atoms with Crippen LogP contribution in [-0.2, 0) is 10.0 Å². The van der Waals surface area contributed by atoms with Gasteiger partial charge >= 0.3 is 0 Å². The first kappa shape index (κ1) is 16.6. The van der Waals surface area contributed by atoms with Crippen molar-refractivity contribution in [2.45, 2.75) is 11.8 Å². The monoisotopic (exact) mass is 349 g/mol. The molecule has 0 spiro atoms. The fourth-order valence-corrected chi connectivity index (χ4v) is 3.28. The van der Waals surface area contributed by atoms with Crippen LogP contribution in [-0.4, -0.2) is 34.8 Å². The third kappa shape index (κ3) is 3.98. The molecule has 1 heterocycles. The minimum Gasteiger partial charge on any atom is -0.492 e. The summed E-state index contributed by atoms with van der Waals surface area (Å²) in [6.07, 6.45) is 0. The van der Waals surface area contributed by atoms with Gasteiger partial charge in [0, 0.05) is 12.6 Å². The van der Waals surface area contributed by atoms with E-state index in [0.717, 1.165) is 5.56 Å². The second kappa shape index (κ2) is 7.11. The number of aryl methyl sites for hydroxylation is 1. The van der Waals surface area contributed by atoms with E-state index >= 15 is 0 Å². The lowest BCUT2D eigenvalue weighted by Gasteiger charge is -2.19. The van der Waals surface area contributed by atoms with E-state index in [4.69, 9.17) is 14.2 Å². The molecule has 0 bridgehead atoms. The van der Waals surface area contributed by atoms with E-state index in [0.29, 0.717) is 30.5 Å². The SMILES string of the molecule is Cc1ccc(OCCNS(=O)(=O)c2ccc3c(c2)OCCO3)cc1. The number of ether oxygens (including phenoxy) is 3. The summed E-state index contributed by atoms with van der Waals surface area (Å²) < 4.78 is 43.4. The van der Waals surface area contributed by atoms with Gasteiger partial charge in [0.25, 0.3) is 0 Å². The van der Waals surface area contributed by atoms with Crippen LogP contribution < -0.4 is 18.9 Å². The van der Waals surface area contributed by atoms with Gasteiger partial charge < -0.3 is 14.2 Å². The van der Waals surface area contributed by atoms with Crippen LogP contribution in [0.15, 0.2) is 47.4 Å². The molecule has 1 N–H and O–H groups in total. The van der Waals surface area contributed by atoms with Gasteiger partial charge in [-0.3, -0.25) is 0 Å². The van der Waals surface area contributed by atoms with Crippen LogP contribution in [0.2, 0.25) is 0 Å². The topological polar surface area (TPSA) is 73.9 Å². The predicted octanol–water partition coefficient (Wildman–Crippen LogP) is 2.12. The van der Waals surface area contributed by atoms with Crippen molar-refractivity contribution in [3.8, 4) is 17.2 Å². The van der Waals surface area contributed by atoms with E-state index in [1.807, 2.05) is 31.2 Å². The number of fused-ring (bicyclic) bond motifs is 1. The van der Waals surface area contributed by atoms with Gasteiger partial charge in [-0.1, -0.05) is 17.7 Å². The van der Waals surface area contributed by atoms with E-state index in [9.17, 15) is 8.42 Å². The second-order valence-electron chi connectivity index (χ2n) is 5.36. The Kier molecular flexibility index (Phi) is 4.92. The van der Waals surface area contributed by atoms with Crippen LogP contribution in [0.1, 0.15) is 5.56 Å². The van der Waals surface area contributed by atoms with Crippen LogP contribution in [0.3, 0.4) is 0 Å². The molecular weight excluding hydrogens is 330 g/mol. The molecule has 0 saturated heterocycles. The van der Waals surface area contributed by atoms with Crippen molar-refractivity contribution in [1.29, 1.82) is 0 Å². The molecule has 7 heteroatoms. The smallest absolute Gasteiger partial charge is 0.240 e. The largest absolute Gasteiger partial charge is 0.492 e. The quantitative estimate of drug-likeness (QED) is 0.809. The Labute approximate surface area is 141 Å². The fraction of sp³-hybridized carbons (Fsp3) is 0.294. The van der Waals surface area contributed by atoms with E-state index < -0.39 is 10.0 Å². The van der Waals surface area contributed by atoms with Crippen LogP contribution in [0.5, 0.6) is 17.2 Å². The minimum absolute atomic E-state index is 0.141. The van der Waals surface area contributed by atoms with E-state index in [1.165, 1.54) is 12.1 Å². The molecule has 24 heavy (non-hydrogen) atoms. The fourth-order valence-electron chi connectivity index (χ4n) is 2.25. The highest BCUT2D eigenvalue weighted by atomic mass is 32.2. The van der Waals surface area contributed by atoms with Gasteiger partial charge in [0.1, 0.15) is 25.6 Å². The third-order valence-electron chi connectivity index (χ3n) is 3.51. The molecule has 6 nitrogen and oxygen atoms in total. The Bertz CT molecular complexity index is 802. The number of benzene rings is 2. The molecule has 2 aromatic carbocycles. The van der Waals surface area contributed by atoms with Gasteiger partial charge in [0.05, 0.1) is 4.90 Å². The van der Waals surface area contributed by atoms with E-state index in [-0.39, 0.29) is 18.0 Å². The average molecular weight is 349 g/mol. The number of rotatable bonds is 6. The predicted molar refractivity (Wildman–Crippen MR) is 89.3 cm³/mol. The molecule has 0 unspecified atom stereocenters. The van der Waals surface area contributed by atoms with Crippen molar-refractivity contribution < 1.29 is 22.6 Å². The molecule has 0 amide bonds. The molecule has 2 aromatic rings. The molecule has 0 aromatic heterocycles. The van der Waals surface area contributed by atoms with Gasteiger partial charge in [0.15, 0.2) is 11.5 Å². The van der Waals surface area contributed by atoms with Crippen LogP contribution in [0.4, 0.5) is 0 Å². The molecule has 0 aliphatic carbocycles. The Morgan fingerprint density at radius 2 is 1.75 bits per heavy atom. The lowest BCUT2D eigenvalue weighted by Crippen LogP contribution is -2.28. The molecule has 1 aliphatic heterocycles. The standard InChI is InChI=1S/C17H19NO5S/c1-13-2-4-14(5-3-13)21-9-8-18-24(19,20)15-6-7-16-17(12-15)23-11-10-22-16/h2-7,12,18H,8-11H2,1H3. The highest BCUT2D eigenvalue weighted by Gasteiger charge is 2.18. The zero-order valence-corrected chi connectivity index (χ0v) is 14.1. The van der Waals surface area contributed by atoms with Crippen molar-refractivity contribution in [1.82, 2.24) is 4.72 Å². The summed E-state index contributed by atoms with van der Waals surface area (Å²) in [5.41, 5.74) is 1.14. The average Bonchev–Trinajstić information content (AvgIpc) is 2.60. The molecule has 1 aliphatic rings. The normalized spacial score (nSPS) is 13.5. The highest BCUT2D eigenvalue weighted by Crippen LogP contribution is 2.32. The van der Waals surface area contributed by atoms with Crippen molar-refractivity contribution in [2.75, 3.05) is 26.4 Å². The molecule has 128 valence electrons. The molecule has 0 radical (unpaired) electrons. The summed E-state index contributed by atoms with van der Waals surface area (Å²) in [7, 11) is -3.62. The lowest BCUT2D eigenvalue weighted by atomic mass is 10.2. The lowest BCUT2D eigenvalue weighted by molar-refractivity contribution is 0.171. The van der Waals surface area contributed by atoms with Gasteiger partial charge in [-0.2, -0.15) is 0 Å². The second-order valence-corrected chi connectivity index (χ2v) is 7.13. The summed E-state index contributed by atoms with van der Waals surface area (Å²) in [4.78, 5) is 0.141. The zero-order valence-electron chi connectivity index (χ0n) is 13.3. The van der Waals surface area contributed by atoms with Crippen LogP contribution in [0.25, 0.3) is 0 Å². The highest BCUT2D eigenvalue weighted by molar-refractivity contribution is 7.89. The number of hydrogen-bond acceptors (Lipinski definition) is 5. The van der Waals surface area contributed by atoms with Crippen molar-refractivity contribution >= 4 is 10.0 Å². The Balaban J connectivity index is 1.57. The van der Waals surface area contributed by atoms with Gasteiger partial charge in [-0.05, 0) is 31.2 Å². The van der Waals surface area contributed by atoms with Gasteiger partial charge in [-0.25, -0.2) is 13.1 Å². The van der Waals surface area contributed by atoms with Crippen LogP contribution in [0, 0.1) is 6.92 Å². The number of hydrogen-bond donors (Lipinski definition) is 1. The summed E-state index contributed by atoms with van der Waals surface area (Å²) in [6.45, 7) is 3.28. The Hall–Kier alpha value is -2.25. The minimum atomic E-state index is -3.62. The maximum Gasteiger partial charge on any atom is 0.240 e. The first-order valence-electron chi connectivity index (χ1n) is 7.63.